The molecule has 4 bridgehead atoms. The lowest BCUT2D eigenvalue weighted by molar-refractivity contribution is -0.146. The first-order chi connectivity index (χ1) is 17.1. The first kappa shape index (κ1) is 22.7. The average Bonchev–Trinajstić information content (AvgIpc) is 3.28. The Labute approximate surface area is 210 Å². The van der Waals surface area contributed by atoms with Gasteiger partial charge < -0.3 is 10.1 Å². The monoisotopic (exact) mass is 488 g/mol. The largest absolute Gasteiger partial charge is 0.495 e. The smallest absolute Gasteiger partial charge is 0.226 e. The predicted octanol–water partition coefficient (Wildman–Crippen LogP) is 5.40. The van der Waals surface area contributed by atoms with E-state index in [-0.39, 0.29) is 11.3 Å². The van der Waals surface area contributed by atoms with Crippen LogP contribution in [0.5, 0.6) is 5.75 Å². The number of ether oxygens (including phenoxy) is 1. The lowest BCUT2D eigenvalue weighted by Crippen LogP contribution is -2.53. The van der Waals surface area contributed by atoms with Crippen LogP contribution in [0.25, 0.3) is 5.69 Å². The summed E-state index contributed by atoms with van der Waals surface area (Å²) < 4.78 is 7.69. The minimum absolute atomic E-state index is 0.172. The number of methoxy groups -OCH3 is 1. The van der Waals surface area contributed by atoms with Crippen molar-refractivity contribution in [2.45, 2.75) is 56.0 Å². The van der Waals surface area contributed by atoms with Crippen molar-refractivity contribution in [3.63, 3.8) is 0 Å². The molecule has 1 amide bonds. The number of carbonyl (C=O) groups excluding carboxylic acids is 1. The van der Waals surface area contributed by atoms with Crippen LogP contribution in [0.15, 0.2) is 59.8 Å². The van der Waals surface area contributed by atoms with Crippen molar-refractivity contribution in [2.75, 3.05) is 7.11 Å². The molecule has 0 atom stereocenters. The van der Waals surface area contributed by atoms with Gasteiger partial charge in [-0.3, -0.25) is 9.36 Å². The molecule has 1 aromatic heterocycles. The predicted molar refractivity (Wildman–Crippen MR) is 136 cm³/mol. The Balaban J connectivity index is 1.25. The fourth-order valence-corrected chi connectivity index (χ4v) is 7.94. The number of benzene rings is 2. The van der Waals surface area contributed by atoms with Crippen molar-refractivity contribution in [3.05, 3.63) is 66.0 Å². The first-order valence-electron chi connectivity index (χ1n) is 12.7. The molecule has 4 saturated carbocycles. The van der Waals surface area contributed by atoms with E-state index in [1.807, 2.05) is 47.0 Å². The number of thioether (sulfide) groups is 1. The number of hydrogen-bond acceptors (Lipinski definition) is 5. The number of hydrogen-bond donors (Lipinski definition) is 1. The zero-order valence-electron chi connectivity index (χ0n) is 20.2. The molecule has 1 N–H and O–H groups in total. The number of rotatable bonds is 8. The van der Waals surface area contributed by atoms with E-state index in [2.05, 4.69) is 27.6 Å². The summed E-state index contributed by atoms with van der Waals surface area (Å²) in [6.07, 6.45) is 7.16. The van der Waals surface area contributed by atoms with Gasteiger partial charge in [-0.25, -0.2) is 0 Å². The van der Waals surface area contributed by atoms with Gasteiger partial charge in [0.2, 0.25) is 5.91 Å². The van der Waals surface area contributed by atoms with E-state index >= 15 is 0 Å². The van der Waals surface area contributed by atoms with Gasteiger partial charge in [-0.15, -0.1) is 10.2 Å². The van der Waals surface area contributed by atoms with Gasteiger partial charge in [0.15, 0.2) is 11.0 Å². The number of nitrogens with one attached hydrogen (secondary N) is 1. The van der Waals surface area contributed by atoms with E-state index in [1.165, 1.54) is 24.8 Å². The third-order valence-corrected chi connectivity index (χ3v) is 9.16. The number of carbonyl (C=O) groups is 1. The Morgan fingerprint density at radius 3 is 2.34 bits per heavy atom. The zero-order valence-corrected chi connectivity index (χ0v) is 21.0. The second-order valence-corrected chi connectivity index (χ2v) is 11.5. The molecule has 1 heterocycles. The third kappa shape index (κ3) is 4.35. The molecule has 0 unspecified atom stereocenters. The molecule has 2 aromatic carbocycles. The molecule has 6 nitrogen and oxygen atoms in total. The van der Waals surface area contributed by atoms with Crippen LogP contribution < -0.4 is 10.1 Å². The van der Waals surface area contributed by atoms with Crippen molar-refractivity contribution in [3.8, 4) is 11.4 Å². The average molecular weight is 489 g/mol. The van der Waals surface area contributed by atoms with E-state index in [0.29, 0.717) is 6.54 Å². The summed E-state index contributed by atoms with van der Waals surface area (Å²) in [5.41, 5.74) is 1.94. The molecule has 0 spiro atoms. The van der Waals surface area contributed by atoms with Crippen LogP contribution in [0.2, 0.25) is 0 Å². The summed E-state index contributed by atoms with van der Waals surface area (Å²) in [6.45, 7) is 0.359. The van der Waals surface area contributed by atoms with Crippen molar-refractivity contribution in [1.82, 2.24) is 20.1 Å². The quantitative estimate of drug-likeness (QED) is 0.430. The van der Waals surface area contributed by atoms with Crippen LogP contribution in [0.4, 0.5) is 0 Å². The summed E-state index contributed by atoms with van der Waals surface area (Å²) in [5.74, 6) is 4.70. The standard InChI is InChI=1S/C28H32N4O2S/c1-34-24-10-6-5-9-23(24)32-25(30-31-27(32)35-18-19-7-3-2-4-8-19)17-29-26(33)28-14-20-11-21(15-28)13-22(12-20)16-28/h2-10,20-22H,11-18H2,1H3,(H,29,33). The Kier molecular flexibility index (Phi) is 6.04. The molecule has 4 aliphatic rings. The highest BCUT2D eigenvalue weighted by Gasteiger charge is 2.54. The van der Waals surface area contributed by atoms with E-state index in [9.17, 15) is 4.79 Å². The Hall–Kier alpha value is -2.80. The van der Waals surface area contributed by atoms with Gasteiger partial charge >= 0.3 is 0 Å². The molecule has 7 heteroatoms. The van der Waals surface area contributed by atoms with Crippen molar-refractivity contribution in [1.29, 1.82) is 0 Å². The molecule has 0 radical (unpaired) electrons. The molecule has 0 aliphatic heterocycles. The van der Waals surface area contributed by atoms with Crippen LogP contribution in [0.3, 0.4) is 0 Å². The van der Waals surface area contributed by atoms with Crippen molar-refractivity contribution < 1.29 is 9.53 Å². The SMILES string of the molecule is COc1ccccc1-n1c(CNC(=O)C23CC4CC(CC(C4)C2)C3)nnc1SCc1ccccc1. The summed E-state index contributed by atoms with van der Waals surface area (Å²) in [4.78, 5) is 13.6. The molecule has 0 saturated heterocycles. The van der Waals surface area contributed by atoms with E-state index < -0.39 is 0 Å². The zero-order chi connectivity index (χ0) is 23.8. The minimum atomic E-state index is -0.172. The van der Waals surface area contributed by atoms with Gasteiger partial charge in [-0.1, -0.05) is 54.2 Å². The van der Waals surface area contributed by atoms with Gasteiger partial charge in [0.25, 0.3) is 0 Å². The van der Waals surface area contributed by atoms with E-state index in [0.717, 1.165) is 65.2 Å². The van der Waals surface area contributed by atoms with Crippen LogP contribution in [0, 0.1) is 23.2 Å². The van der Waals surface area contributed by atoms with Gasteiger partial charge in [0.05, 0.1) is 19.3 Å². The highest BCUT2D eigenvalue weighted by molar-refractivity contribution is 7.98. The number of aromatic nitrogens is 3. The van der Waals surface area contributed by atoms with Gasteiger partial charge in [0.1, 0.15) is 5.75 Å². The lowest BCUT2D eigenvalue weighted by Gasteiger charge is -2.55. The molecule has 35 heavy (non-hydrogen) atoms. The van der Waals surface area contributed by atoms with Crippen LogP contribution >= 0.6 is 11.8 Å². The van der Waals surface area contributed by atoms with E-state index in [1.54, 1.807) is 18.9 Å². The Morgan fingerprint density at radius 1 is 1.00 bits per heavy atom. The number of nitrogens with zero attached hydrogens (tertiary/aromatic N) is 3. The molecule has 4 aliphatic carbocycles. The van der Waals surface area contributed by atoms with Crippen LogP contribution in [-0.4, -0.2) is 27.8 Å². The normalized spacial score (nSPS) is 26.6. The van der Waals surface area contributed by atoms with Crippen molar-refractivity contribution >= 4 is 17.7 Å². The Morgan fingerprint density at radius 2 is 1.66 bits per heavy atom. The summed E-state index contributed by atoms with van der Waals surface area (Å²) >= 11 is 1.64. The molecule has 4 fully saturated rings. The summed E-state index contributed by atoms with van der Waals surface area (Å²) in [6, 6.07) is 18.2. The fourth-order valence-electron chi connectivity index (χ4n) is 7.02. The van der Waals surface area contributed by atoms with Gasteiger partial charge in [0, 0.05) is 11.2 Å². The van der Waals surface area contributed by atoms with E-state index in [4.69, 9.17) is 4.74 Å². The summed E-state index contributed by atoms with van der Waals surface area (Å²) in [7, 11) is 1.68. The number of para-hydroxylation sites is 2. The maximum atomic E-state index is 13.6. The molecule has 3 aromatic rings. The highest BCUT2D eigenvalue weighted by atomic mass is 32.2. The lowest BCUT2D eigenvalue weighted by atomic mass is 9.49. The fraction of sp³-hybridized carbons (Fsp3) is 0.464. The first-order valence-corrected chi connectivity index (χ1v) is 13.6. The minimum Gasteiger partial charge on any atom is -0.495 e. The van der Waals surface area contributed by atoms with Gasteiger partial charge in [-0.2, -0.15) is 0 Å². The van der Waals surface area contributed by atoms with Gasteiger partial charge in [-0.05, 0) is 74.0 Å². The van der Waals surface area contributed by atoms with Crippen molar-refractivity contribution in [2.24, 2.45) is 23.2 Å². The molecular formula is C28H32N4O2S. The van der Waals surface area contributed by atoms with Crippen LogP contribution in [0.1, 0.15) is 49.9 Å². The second kappa shape index (κ2) is 9.34. The molecule has 7 rings (SSSR count). The Bertz CT molecular complexity index is 1170. The second-order valence-electron chi connectivity index (χ2n) is 10.6. The van der Waals surface area contributed by atoms with Crippen LogP contribution in [-0.2, 0) is 17.1 Å². The maximum absolute atomic E-state index is 13.6. The number of amides is 1. The topological polar surface area (TPSA) is 69.0 Å². The molecular weight excluding hydrogens is 456 g/mol. The summed E-state index contributed by atoms with van der Waals surface area (Å²) in [5, 5.41) is 13.1. The highest BCUT2D eigenvalue weighted by Crippen LogP contribution is 2.60. The third-order valence-electron chi connectivity index (χ3n) is 8.16. The maximum Gasteiger partial charge on any atom is 0.226 e. The molecule has 182 valence electrons.